The number of rotatable bonds is 7. The Labute approximate surface area is 131 Å². The molecule has 114 valence electrons. The molecule has 0 unspecified atom stereocenters. The molecular formula is C16H22ClN3O. The Morgan fingerprint density at radius 3 is 2.81 bits per heavy atom. The van der Waals surface area contributed by atoms with E-state index in [0.29, 0.717) is 17.5 Å². The second-order valence-corrected chi connectivity index (χ2v) is 6.07. The number of nitrogens with zero attached hydrogens (tertiary/aromatic N) is 2. The second-order valence-electron chi connectivity index (χ2n) is 5.66. The topological polar surface area (TPSA) is 41.3 Å². The monoisotopic (exact) mass is 307 g/mol. The van der Waals surface area contributed by atoms with E-state index in [4.69, 9.17) is 16.0 Å². The smallest absolute Gasteiger partial charge is 0.147 e. The van der Waals surface area contributed by atoms with Crippen molar-refractivity contribution in [2.45, 2.75) is 26.9 Å². The van der Waals surface area contributed by atoms with Crippen molar-refractivity contribution in [3.8, 4) is 0 Å². The number of furan rings is 1. The molecule has 2 heterocycles. The standard InChI is InChI=1S/C16H22ClN3O/c1-12(2)7-18-8-14-6-15(17)16(19-9-14)20(3)10-13-4-5-21-11-13/h4-6,9,11-12,18H,7-8,10H2,1-3H3. The van der Waals surface area contributed by atoms with Gasteiger partial charge >= 0.3 is 0 Å². The van der Waals surface area contributed by atoms with Gasteiger partial charge in [0.25, 0.3) is 0 Å². The zero-order chi connectivity index (χ0) is 15.2. The first-order valence-corrected chi connectivity index (χ1v) is 7.51. The Morgan fingerprint density at radius 2 is 2.19 bits per heavy atom. The number of aromatic nitrogens is 1. The molecule has 5 heteroatoms. The summed E-state index contributed by atoms with van der Waals surface area (Å²) >= 11 is 6.35. The van der Waals surface area contributed by atoms with Crippen LogP contribution in [0.4, 0.5) is 5.82 Å². The van der Waals surface area contributed by atoms with Crippen LogP contribution in [0.3, 0.4) is 0 Å². The van der Waals surface area contributed by atoms with Crippen LogP contribution >= 0.6 is 11.6 Å². The van der Waals surface area contributed by atoms with Gasteiger partial charge in [-0.1, -0.05) is 25.4 Å². The van der Waals surface area contributed by atoms with Crippen LogP contribution in [0.2, 0.25) is 5.02 Å². The van der Waals surface area contributed by atoms with Crippen molar-refractivity contribution in [1.29, 1.82) is 0 Å². The van der Waals surface area contributed by atoms with Crippen LogP contribution in [0.15, 0.2) is 35.3 Å². The van der Waals surface area contributed by atoms with Crippen molar-refractivity contribution < 1.29 is 4.42 Å². The summed E-state index contributed by atoms with van der Waals surface area (Å²) in [5.41, 5.74) is 2.19. The first kappa shape index (κ1) is 15.9. The molecule has 0 bridgehead atoms. The van der Waals surface area contributed by atoms with Gasteiger partial charge in [-0.3, -0.25) is 0 Å². The van der Waals surface area contributed by atoms with Gasteiger partial charge in [-0.05, 0) is 30.2 Å². The van der Waals surface area contributed by atoms with Crippen LogP contribution in [-0.4, -0.2) is 18.6 Å². The number of pyridine rings is 1. The van der Waals surface area contributed by atoms with Gasteiger partial charge in [0.2, 0.25) is 0 Å². The Balaban J connectivity index is 1.98. The average molecular weight is 308 g/mol. The molecule has 0 aliphatic carbocycles. The maximum absolute atomic E-state index is 6.35. The summed E-state index contributed by atoms with van der Waals surface area (Å²) in [6.45, 7) is 6.86. The quantitative estimate of drug-likeness (QED) is 0.846. The van der Waals surface area contributed by atoms with Gasteiger partial charge in [0.15, 0.2) is 0 Å². The molecule has 0 aliphatic heterocycles. The molecule has 2 rings (SSSR count). The molecule has 2 aromatic heterocycles. The van der Waals surface area contributed by atoms with Crippen molar-refractivity contribution in [1.82, 2.24) is 10.3 Å². The highest BCUT2D eigenvalue weighted by Gasteiger charge is 2.10. The number of anilines is 1. The van der Waals surface area contributed by atoms with Crippen molar-refractivity contribution in [2.75, 3.05) is 18.5 Å². The third-order valence-electron chi connectivity index (χ3n) is 3.12. The van der Waals surface area contributed by atoms with Gasteiger partial charge in [-0.15, -0.1) is 0 Å². The van der Waals surface area contributed by atoms with E-state index in [0.717, 1.165) is 30.0 Å². The molecule has 0 spiro atoms. The maximum Gasteiger partial charge on any atom is 0.147 e. The van der Waals surface area contributed by atoms with Crippen LogP contribution in [-0.2, 0) is 13.1 Å². The lowest BCUT2D eigenvalue weighted by Crippen LogP contribution is -2.20. The average Bonchev–Trinajstić information content (AvgIpc) is 2.91. The second kappa shape index (κ2) is 7.48. The highest BCUT2D eigenvalue weighted by Crippen LogP contribution is 2.24. The molecule has 21 heavy (non-hydrogen) atoms. The van der Waals surface area contributed by atoms with Crippen LogP contribution in [0.1, 0.15) is 25.0 Å². The van der Waals surface area contributed by atoms with Crippen LogP contribution in [0, 0.1) is 5.92 Å². The van der Waals surface area contributed by atoms with E-state index in [1.54, 1.807) is 12.5 Å². The molecule has 0 saturated heterocycles. The van der Waals surface area contributed by atoms with E-state index < -0.39 is 0 Å². The van der Waals surface area contributed by atoms with E-state index in [-0.39, 0.29) is 0 Å². The Bertz CT molecular complexity index is 555. The minimum Gasteiger partial charge on any atom is -0.472 e. The minimum absolute atomic E-state index is 0.633. The van der Waals surface area contributed by atoms with E-state index in [1.165, 1.54) is 0 Å². The summed E-state index contributed by atoms with van der Waals surface area (Å²) in [6, 6.07) is 3.91. The molecule has 0 aromatic carbocycles. The maximum atomic E-state index is 6.35. The Morgan fingerprint density at radius 1 is 1.38 bits per heavy atom. The fraction of sp³-hybridized carbons (Fsp3) is 0.438. The molecule has 0 amide bonds. The number of hydrogen-bond donors (Lipinski definition) is 1. The Hall–Kier alpha value is -1.52. The molecule has 0 aliphatic rings. The number of hydrogen-bond acceptors (Lipinski definition) is 4. The Kier molecular flexibility index (Phi) is 5.65. The van der Waals surface area contributed by atoms with Crippen molar-refractivity contribution in [2.24, 2.45) is 5.92 Å². The molecule has 2 aromatic rings. The van der Waals surface area contributed by atoms with Gasteiger partial charge < -0.3 is 14.6 Å². The van der Waals surface area contributed by atoms with Gasteiger partial charge in [-0.25, -0.2) is 4.98 Å². The van der Waals surface area contributed by atoms with Gasteiger partial charge in [0.1, 0.15) is 5.82 Å². The normalized spacial score (nSPS) is 11.1. The van der Waals surface area contributed by atoms with E-state index >= 15 is 0 Å². The van der Waals surface area contributed by atoms with Crippen molar-refractivity contribution >= 4 is 17.4 Å². The first-order chi connectivity index (χ1) is 10.1. The summed E-state index contributed by atoms with van der Waals surface area (Å²) in [7, 11) is 1.97. The highest BCUT2D eigenvalue weighted by atomic mass is 35.5. The molecule has 0 saturated carbocycles. The molecular weight excluding hydrogens is 286 g/mol. The van der Waals surface area contributed by atoms with E-state index in [9.17, 15) is 0 Å². The largest absolute Gasteiger partial charge is 0.472 e. The third-order valence-corrected chi connectivity index (χ3v) is 3.40. The first-order valence-electron chi connectivity index (χ1n) is 7.13. The molecule has 0 fully saturated rings. The van der Waals surface area contributed by atoms with Crippen LogP contribution in [0.25, 0.3) is 0 Å². The fourth-order valence-electron chi connectivity index (χ4n) is 2.08. The molecule has 4 nitrogen and oxygen atoms in total. The van der Waals surface area contributed by atoms with Crippen LogP contribution in [0.5, 0.6) is 0 Å². The van der Waals surface area contributed by atoms with E-state index in [1.807, 2.05) is 30.3 Å². The fourth-order valence-corrected chi connectivity index (χ4v) is 2.42. The SMILES string of the molecule is CC(C)CNCc1cnc(N(C)Cc2ccoc2)c(Cl)c1. The van der Waals surface area contributed by atoms with Gasteiger partial charge in [-0.2, -0.15) is 0 Å². The lowest BCUT2D eigenvalue weighted by molar-refractivity contribution is 0.552. The lowest BCUT2D eigenvalue weighted by atomic mass is 10.2. The summed E-state index contributed by atoms with van der Waals surface area (Å²) < 4.78 is 5.08. The predicted molar refractivity (Wildman–Crippen MR) is 86.6 cm³/mol. The zero-order valence-electron chi connectivity index (χ0n) is 12.8. The van der Waals surface area contributed by atoms with Crippen molar-refractivity contribution in [3.63, 3.8) is 0 Å². The molecule has 1 N–H and O–H groups in total. The number of nitrogens with one attached hydrogen (secondary N) is 1. The minimum atomic E-state index is 0.633. The third kappa shape index (κ3) is 4.76. The summed E-state index contributed by atoms with van der Waals surface area (Å²) in [6.07, 6.45) is 5.27. The molecule has 0 radical (unpaired) electrons. The predicted octanol–water partition coefficient (Wildman–Crippen LogP) is 3.71. The summed E-state index contributed by atoms with van der Waals surface area (Å²) in [5.74, 6) is 1.42. The van der Waals surface area contributed by atoms with Gasteiger partial charge in [0.05, 0.1) is 17.5 Å². The van der Waals surface area contributed by atoms with Crippen LogP contribution < -0.4 is 10.2 Å². The van der Waals surface area contributed by atoms with Crippen molar-refractivity contribution in [3.05, 3.63) is 47.0 Å². The number of halogens is 1. The highest BCUT2D eigenvalue weighted by molar-refractivity contribution is 6.33. The lowest BCUT2D eigenvalue weighted by Gasteiger charge is -2.19. The summed E-state index contributed by atoms with van der Waals surface area (Å²) in [4.78, 5) is 6.49. The zero-order valence-corrected chi connectivity index (χ0v) is 13.5. The molecule has 0 atom stereocenters. The van der Waals surface area contributed by atoms with E-state index in [2.05, 4.69) is 24.1 Å². The summed E-state index contributed by atoms with van der Waals surface area (Å²) in [5, 5.41) is 4.06. The van der Waals surface area contributed by atoms with Gasteiger partial charge in [0, 0.05) is 31.9 Å².